The van der Waals surface area contributed by atoms with Crippen LogP contribution >= 0.6 is 0 Å². The van der Waals surface area contributed by atoms with Crippen molar-refractivity contribution in [2.75, 3.05) is 19.6 Å². The normalized spacial score (nSPS) is 15.4. The summed E-state index contributed by atoms with van der Waals surface area (Å²) in [4.78, 5) is 14.5. The molecule has 0 saturated carbocycles. The van der Waals surface area contributed by atoms with Crippen LogP contribution in [0.1, 0.15) is 36.5 Å². The van der Waals surface area contributed by atoms with Crippen LogP contribution in [0.4, 0.5) is 4.79 Å². The number of hydrogen-bond donors (Lipinski definition) is 2. The van der Waals surface area contributed by atoms with Crippen LogP contribution in [0.25, 0.3) is 0 Å². The molecule has 1 heterocycles. The minimum Gasteiger partial charge on any atom is -0.338 e. The number of likely N-dealkylation sites (tertiary alicyclic amines) is 1. The lowest BCUT2D eigenvalue weighted by molar-refractivity contribution is 0.185. The molecule has 1 aliphatic rings. The molecule has 2 N–H and O–H groups in total. The molecule has 0 unspecified atom stereocenters. The van der Waals surface area contributed by atoms with Crippen molar-refractivity contribution in [3.05, 3.63) is 71.3 Å². The Labute approximate surface area is 163 Å². The van der Waals surface area contributed by atoms with Gasteiger partial charge in [0.25, 0.3) is 0 Å². The highest BCUT2D eigenvalue weighted by molar-refractivity contribution is 5.73. The molecule has 27 heavy (non-hydrogen) atoms. The van der Waals surface area contributed by atoms with Crippen LogP contribution in [0.5, 0.6) is 0 Å². The van der Waals surface area contributed by atoms with Crippen molar-refractivity contribution in [3.8, 4) is 0 Å². The van der Waals surface area contributed by atoms with Gasteiger partial charge in [-0.2, -0.15) is 0 Å². The highest BCUT2D eigenvalue weighted by Gasteiger charge is 2.15. The summed E-state index contributed by atoms with van der Waals surface area (Å²) in [6.45, 7) is 6.97. The first-order chi connectivity index (χ1) is 13.2. The molecule has 144 valence electrons. The standard InChI is InChI=1S/C23H31N3O/c1-19-12-15-26(16-13-19)18-22-9-7-21(8-10-22)17-25-23(27)24-14-11-20-5-3-2-4-6-20/h2-10,19H,11-18H2,1H3,(H2,24,25,27). The van der Waals surface area contributed by atoms with E-state index in [1.54, 1.807) is 0 Å². The quantitative estimate of drug-likeness (QED) is 0.780. The van der Waals surface area contributed by atoms with E-state index in [1.165, 1.54) is 37.1 Å². The molecule has 0 atom stereocenters. The molecule has 4 heteroatoms. The third-order valence-corrected chi connectivity index (χ3v) is 5.30. The number of carbonyl (C=O) groups is 1. The maximum Gasteiger partial charge on any atom is 0.315 e. The summed E-state index contributed by atoms with van der Waals surface area (Å²) < 4.78 is 0. The molecule has 4 nitrogen and oxygen atoms in total. The van der Waals surface area contributed by atoms with Crippen molar-refractivity contribution in [2.45, 2.75) is 39.3 Å². The number of nitrogens with one attached hydrogen (secondary N) is 2. The Morgan fingerprint density at radius 2 is 1.59 bits per heavy atom. The zero-order chi connectivity index (χ0) is 18.9. The first kappa shape index (κ1) is 19.4. The molecule has 1 fully saturated rings. The number of hydrogen-bond acceptors (Lipinski definition) is 2. The number of amides is 2. The average Bonchev–Trinajstić information content (AvgIpc) is 2.70. The van der Waals surface area contributed by atoms with E-state index in [9.17, 15) is 4.79 Å². The van der Waals surface area contributed by atoms with Crippen LogP contribution in [0.15, 0.2) is 54.6 Å². The van der Waals surface area contributed by atoms with Crippen molar-refractivity contribution >= 4 is 6.03 Å². The van der Waals surface area contributed by atoms with Crippen LogP contribution in [-0.4, -0.2) is 30.6 Å². The van der Waals surface area contributed by atoms with E-state index >= 15 is 0 Å². The summed E-state index contributed by atoms with van der Waals surface area (Å²) in [6.07, 6.45) is 3.46. The third kappa shape index (κ3) is 6.72. The maximum absolute atomic E-state index is 11.9. The van der Waals surface area contributed by atoms with Crippen molar-refractivity contribution in [2.24, 2.45) is 5.92 Å². The Bertz CT molecular complexity index is 691. The summed E-state index contributed by atoms with van der Waals surface area (Å²) in [5.74, 6) is 0.869. The Kier molecular flexibility index (Phi) is 7.28. The van der Waals surface area contributed by atoms with Crippen LogP contribution in [0.3, 0.4) is 0 Å². The Morgan fingerprint density at radius 3 is 2.30 bits per heavy atom. The zero-order valence-electron chi connectivity index (χ0n) is 16.3. The van der Waals surface area contributed by atoms with Crippen molar-refractivity contribution < 1.29 is 4.79 Å². The highest BCUT2D eigenvalue weighted by Crippen LogP contribution is 2.18. The minimum absolute atomic E-state index is 0.113. The van der Waals surface area contributed by atoms with Crippen LogP contribution in [0.2, 0.25) is 0 Å². The van der Waals surface area contributed by atoms with Gasteiger partial charge in [-0.15, -0.1) is 0 Å². The Morgan fingerprint density at radius 1 is 0.926 bits per heavy atom. The molecule has 3 rings (SSSR count). The van der Waals surface area contributed by atoms with Gasteiger partial charge in [-0.05, 0) is 55.0 Å². The largest absolute Gasteiger partial charge is 0.338 e. The topological polar surface area (TPSA) is 44.4 Å². The van der Waals surface area contributed by atoms with Gasteiger partial charge in [-0.25, -0.2) is 4.79 Å². The predicted octanol–water partition coefficient (Wildman–Crippen LogP) is 3.96. The smallest absolute Gasteiger partial charge is 0.315 e. The van der Waals surface area contributed by atoms with Gasteiger partial charge in [0.15, 0.2) is 0 Å². The van der Waals surface area contributed by atoms with Gasteiger partial charge in [0.05, 0.1) is 0 Å². The molecular weight excluding hydrogens is 334 g/mol. The fourth-order valence-electron chi connectivity index (χ4n) is 3.45. The lowest BCUT2D eigenvalue weighted by Gasteiger charge is -2.30. The molecule has 2 aromatic rings. The second-order valence-electron chi connectivity index (χ2n) is 7.62. The molecule has 2 aromatic carbocycles. The van der Waals surface area contributed by atoms with Gasteiger partial charge in [0.2, 0.25) is 0 Å². The van der Waals surface area contributed by atoms with Gasteiger partial charge in [-0.3, -0.25) is 4.90 Å². The van der Waals surface area contributed by atoms with Crippen LogP contribution < -0.4 is 10.6 Å². The first-order valence-electron chi connectivity index (χ1n) is 10.0. The summed E-state index contributed by atoms with van der Waals surface area (Å²) >= 11 is 0. The summed E-state index contributed by atoms with van der Waals surface area (Å²) in [5.41, 5.74) is 3.71. The van der Waals surface area contributed by atoms with Crippen molar-refractivity contribution in [1.29, 1.82) is 0 Å². The molecule has 2 amide bonds. The second-order valence-corrected chi connectivity index (χ2v) is 7.62. The first-order valence-corrected chi connectivity index (χ1v) is 10.0. The number of nitrogens with zero attached hydrogens (tertiary/aromatic N) is 1. The molecular formula is C23H31N3O. The maximum atomic E-state index is 11.9. The zero-order valence-corrected chi connectivity index (χ0v) is 16.3. The fourth-order valence-corrected chi connectivity index (χ4v) is 3.45. The van der Waals surface area contributed by atoms with Crippen molar-refractivity contribution in [3.63, 3.8) is 0 Å². The monoisotopic (exact) mass is 365 g/mol. The van der Waals surface area contributed by atoms with E-state index < -0.39 is 0 Å². The van der Waals surface area contributed by atoms with E-state index in [2.05, 4.69) is 58.9 Å². The molecule has 0 radical (unpaired) electrons. The summed E-state index contributed by atoms with van der Waals surface area (Å²) in [7, 11) is 0. The molecule has 0 bridgehead atoms. The molecule has 1 aliphatic heterocycles. The Hall–Kier alpha value is -2.33. The van der Waals surface area contributed by atoms with Crippen LogP contribution in [0, 0.1) is 5.92 Å². The van der Waals surface area contributed by atoms with E-state index in [0.717, 1.165) is 24.4 Å². The van der Waals surface area contributed by atoms with E-state index in [4.69, 9.17) is 0 Å². The lowest BCUT2D eigenvalue weighted by Crippen LogP contribution is -2.36. The fraction of sp³-hybridized carbons (Fsp3) is 0.435. The number of carbonyl (C=O) groups excluding carboxylic acids is 1. The van der Waals surface area contributed by atoms with Crippen molar-refractivity contribution in [1.82, 2.24) is 15.5 Å². The van der Waals surface area contributed by atoms with Gasteiger partial charge < -0.3 is 10.6 Å². The van der Waals surface area contributed by atoms with Gasteiger partial charge >= 0.3 is 6.03 Å². The lowest BCUT2D eigenvalue weighted by atomic mass is 9.99. The number of urea groups is 1. The molecule has 0 aromatic heterocycles. The SMILES string of the molecule is CC1CCN(Cc2ccc(CNC(=O)NCCc3ccccc3)cc2)CC1. The van der Waals surface area contributed by atoms with Gasteiger partial charge in [0.1, 0.15) is 0 Å². The average molecular weight is 366 g/mol. The van der Waals surface area contributed by atoms with E-state index in [0.29, 0.717) is 13.1 Å². The van der Waals surface area contributed by atoms with E-state index in [-0.39, 0.29) is 6.03 Å². The van der Waals surface area contributed by atoms with Gasteiger partial charge in [-0.1, -0.05) is 61.5 Å². The Balaban J connectivity index is 1.35. The number of piperidine rings is 1. The third-order valence-electron chi connectivity index (χ3n) is 5.30. The predicted molar refractivity (Wildman–Crippen MR) is 111 cm³/mol. The van der Waals surface area contributed by atoms with Crippen LogP contribution in [-0.2, 0) is 19.5 Å². The van der Waals surface area contributed by atoms with Gasteiger partial charge in [0, 0.05) is 19.6 Å². The minimum atomic E-state index is -0.113. The molecule has 0 aliphatic carbocycles. The second kappa shape index (κ2) is 10.1. The summed E-state index contributed by atoms with van der Waals surface area (Å²) in [6, 6.07) is 18.7. The number of rotatable bonds is 7. The summed E-state index contributed by atoms with van der Waals surface area (Å²) in [5, 5.41) is 5.84. The van der Waals surface area contributed by atoms with E-state index in [1.807, 2.05) is 18.2 Å². The molecule has 0 spiro atoms. The highest BCUT2D eigenvalue weighted by atomic mass is 16.2. The molecule has 1 saturated heterocycles. The number of benzene rings is 2.